The molecule has 1 atom stereocenters. The molecule has 0 heterocycles. The van der Waals surface area contributed by atoms with Crippen LogP contribution in [-0.2, 0) is 9.09 Å². The molecule has 0 radical (unpaired) electrons. The fraction of sp³-hybridized carbons (Fsp3) is 1.00. The molecule has 0 rings (SSSR count). The van der Waals surface area contributed by atoms with Crippen molar-refractivity contribution in [2.24, 2.45) is 5.50 Å². The molecule has 0 aromatic rings. The second-order valence-corrected chi connectivity index (χ2v) is 5.87. The first kappa shape index (κ1) is 16.6. The highest BCUT2D eigenvalue weighted by Crippen LogP contribution is 2.42. The molecule has 0 unspecified atom stereocenters. The molecule has 0 saturated carbocycles. The van der Waals surface area contributed by atoms with Gasteiger partial charge >= 0.3 is 7.67 Å². The number of alkyl halides is 2. The lowest BCUT2D eigenvalue weighted by Gasteiger charge is -2.26. The van der Waals surface area contributed by atoms with Crippen molar-refractivity contribution < 1.29 is 14.2 Å². The van der Waals surface area contributed by atoms with E-state index in [1.54, 1.807) is 0 Å². The van der Waals surface area contributed by atoms with Gasteiger partial charge in [0.15, 0.2) is 0 Å². The van der Waals surface area contributed by atoms with E-state index in [2.05, 4.69) is 0 Å². The molecule has 0 saturated heterocycles. The first-order valence-electron chi connectivity index (χ1n) is 5.10. The number of unbranched alkanes of at least 4 members (excludes halogenated alkanes) is 1. The summed E-state index contributed by atoms with van der Waals surface area (Å²) in [6, 6.07) is 0. The van der Waals surface area contributed by atoms with Gasteiger partial charge in [0.05, 0.1) is 6.61 Å². The van der Waals surface area contributed by atoms with Crippen LogP contribution >= 0.6 is 30.9 Å². The van der Waals surface area contributed by atoms with E-state index in [0.717, 1.165) is 0 Å². The van der Waals surface area contributed by atoms with Crippen LogP contribution in [-0.4, -0.2) is 47.8 Å². The highest BCUT2D eigenvalue weighted by Gasteiger charge is 2.26. The second kappa shape index (κ2) is 9.66. The van der Waals surface area contributed by atoms with Crippen LogP contribution in [0.15, 0.2) is 0 Å². The zero-order chi connectivity index (χ0) is 12.4. The van der Waals surface area contributed by atoms with Crippen LogP contribution < -0.4 is 5.50 Å². The quantitative estimate of drug-likeness (QED) is 0.364. The third kappa shape index (κ3) is 7.07. The zero-order valence-corrected chi connectivity index (χ0v) is 11.6. The van der Waals surface area contributed by atoms with Crippen LogP contribution in [0.25, 0.3) is 0 Å². The van der Waals surface area contributed by atoms with Gasteiger partial charge in [-0.05, 0) is 12.8 Å². The Balaban J connectivity index is 4.07. The summed E-state index contributed by atoms with van der Waals surface area (Å²) in [7, 11) is -3.29. The molecule has 0 fully saturated rings. The van der Waals surface area contributed by atoms with E-state index in [4.69, 9.17) is 38.3 Å². The van der Waals surface area contributed by atoms with E-state index in [-0.39, 0.29) is 13.2 Å². The number of hydrogen-bond donors (Lipinski definition) is 2. The molecule has 8 heteroatoms. The van der Waals surface area contributed by atoms with Crippen molar-refractivity contribution in [1.82, 2.24) is 4.67 Å². The maximum absolute atomic E-state index is 12.0. The summed E-state index contributed by atoms with van der Waals surface area (Å²) in [6.45, 7) is 1.10. The third-order valence-corrected chi connectivity index (χ3v) is 3.99. The second-order valence-electron chi connectivity index (χ2n) is 3.16. The third-order valence-electron chi connectivity index (χ3n) is 1.91. The summed E-state index contributed by atoms with van der Waals surface area (Å²) in [5.41, 5.74) is 5.59. The first-order chi connectivity index (χ1) is 7.58. The van der Waals surface area contributed by atoms with Crippen molar-refractivity contribution in [1.29, 1.82) is 0 Å². The van der Waals surface area contributed by atoms with Gasteiger partial charge < -0.3 is 9.63 Å². The molecule has 16 heavy (non-hydrogen) atoms. The van der Waals surface area contributed by atoms with Gasteiger partial charge in [-0.3, -0.25) is 4.57 Å². The molecular weight excluding hydrogens is 274 g/mol. The van der Waals surface area contributed by atoms with E-state index in [1.165, 1.54) is 4.67 Å². The van der Waals surface area contributed by atoms with Crippen molar-refractivity contribution in [2.45, 2.75) is 12.8 Å². The molecule has 0 aliphatic rings. The predicted octanol–water partition coefficient (Wildman–Crippen LogP) is 1.62. The smallest absolute Gasteiger partial charge is 0.340 e. The standard InChI is InChI=1S/C8H19Cl2N2O3P/c9-3-5-12(6-4-10)16(11,14)15-8-2-1-7-13/h13H,1-8H2,(H2,11,14)/t16-/m0/s1. The van der Waals surface area contributed by atoms with Crippen molar-refractivity contribution in [3.8, 4) is 0 Å². The molecule has 0 aromatic carbocycles. The Labute approximate surface area is 106 Å². The maximum Gasteiger partial charge on any atom is 0.340 e. The highest BCUT2D eigenvalue weighted by molar-refractivity contribution is 7.53. The molecule has 0 spiro atoms. The van der Waals surface area contributed by atoms with Crippen molar-refractivity contribution in [3.63, 3.8) is 0 Å². The Morgan fingerprint density at radius 3 is 2.25 bits per heavy atom. The van der Waals surface area contributed by atoms with Crippen LogP contribution in [0.5, 0.6) is 0 Å². The number of halogens is 2. The number of nitrogens with two attached hydrogens (primary N) is 1. The number of aliphatic hydroxyl groups excluding tert-OH is 1. The Bertz CT molecular complexity index is 215. The topological polar surface area (TPSA) is 75.8 Å². The van der Waals surface area contributed by atoms with Crippen LogP contribution in [0.1, 0.15) is 12.8 Å². The molecule has 0 aliphatic carbocycles. The Hall–Kier alpha value is 0.650. The number of aliphatic hydroxyl groups is 1. The Morgan fingerprint density at radius 1 is 1.25 bits per heavy atom. The van der Waals surface area contributed by atoms with Crippen molar-refractivity contribution >= 4 is 30.9 Å². The molecular formula is C8H19Cl2N2O3P. The maximum atomic E-state index is 12.0. The number of rotatable bonds is 10. The molecule has 3 N–H and O–H groups in total. The fourth-order valence-electron chi connectivity index (χ4n) is 1.08. The lowest BCUT2D eigenvalue weighted by atomic mass is 10.3. The summed E-state index contributed by atoms with van der Waals surface area (Å²) >= 11 is 11.1. The SMILES string of the molecule is N[P@](=O)(OCCCCO)N(CCCl)CCCl. The Kier molecular flexibility index (Phi) is 10.0. The number of nitrogens with zero attached hydrogens (tertiary/aromatic N) is 1. The Morgan fingerprint density at radius 2 is 1.81 bits per heavy atom. The molecule has 0 bridgehead atoms. The van der Waals surface area contributed by atoms with Gasteiger partial charge in [-0.1, -0.05) is 0 Å². The molecule has 0 aliphatic heterocycles. The zero-order valence-electron chi connectivity index (χ0n) is 9.15. The lowest BCUT2D eigenvalue weighted by Crippen LogP contribution is -2.29. The lowest BCUT2D eigenvalue weighted by molar-refractivity contribution is 0.235. The average molecular weight is 293 g/mol. The minimum Gasteiger partial charge on any atom is -0.396 e. The van der Waals surface area contributed by atoms with Crippen LogP contribution in [0.4, 0.5) is 0 Å². The van der Waals surface area contributed by atoms with Crippen LogP contribution in [0.2, 0.25) is 0 Å². The molecule has 0 amide bonds. The van der Waals surface area contributed by atoms with Gasteiger partial charge in [-0.2, -0.15) is 0 Å². The van der Waals surface area contributed by atoms with Crippen molar-refractivity contribution in [2.75, 3.05) is 38.1 Å². The monoisotopic (exact) mass is 292 g/mol. The molecule has 5 nitrogen and oxygen atoms in total. The first-order valence-corrected chi connectivity index (χ1v) is 7.81. The van der Waals surface area contributed by atoms with E-state index in [1.807, 2.05) is 0 Å². The minimum absolute atomic E-state index is 0.0886. The van der Waals surface area contributed by atoms with Gasteiger partial charge in [0, 0.05) is 31.5 Å². The van der Waals surface area contributed by atoms with E-state index in [0.29, 0.717) is 37.7 Å². The fourth-order valence-corrected chi connectivity index (χ4v) is 3.03. The highest BCUT2D eigenvalue weighted by atomic mass is 35.5. The summed E-state index contributed by atoms with van der Waals surface area (Å²) in [6.07, 6.45) is 1.22. The molecule has 98 valence electrons. The van der Waals surface area contributed by atoms with Gasteiger partial charge in [-0.25, -0.2) is 10.2 Å². The van der Waals surface area contributed by atoms with Crippen LogP contribution in [0.3, 0.4) is 0 Å². The van der Waals surface area contributed by atoms with Gasteiger partial charge in [0.25, 0.3) is 0 Å². The van der Waals surface area contributed by atoms with E-state index in [9.17, 15) is 4.57 Å². The van der Waals surface area contributed by atoms with Crippen molar-refractivity contribution in [3.05, 3.63) is 0 Å². The van der Waals surface area contributed by atoms with Gasteiger partial charge in [-0.15, -0.1) is 23.2 Å². The number of hydrogen-bond acceptors (Lipinski definition) is 3. The summed E-state index contributed by atoms with van der Waals surface area (Å²) in [5, 5.41) is 8.57. The predicted molar refractivity (Wildman–Crippen MR) is 67.1 cm³/mol. The normalized spacial score (nSPS) is 15.3. The van der Waals surface area contributed by atoms with E-state index < -0.39 is 7.67 Å². The molecule has 0 aromatic heterocycles. The van der Waals surface area contributed by atoms with E-state index >= 15 is 0 Å². The summed E-state index contributed by atoms with van der Waals surface area (Å²) < 4.78 is 18.6. The largest absolute Gasteiger partial charge is 0.396 e. The van der Waals surface area contributed by atoms with Crippen LogP contribution in [0, 0.1) is 0 Å². The van der Waals surface area contributed by atoms with Gasteiger partial charge in [0.1, 0.15) is 0 Å². The average Bonchev–Trinajstić information content (AvgIpc) is 2.24. The summed E-state index contributed by atoms with van der Waals surface area (Å²) in [5.74, 6) is 0.635. The summed E-state index contributed by atoms with van der Waals surface area (Å²) in [4.78, 5) is 0. The minimum atomic E-state index is -3.29. The van der Waals surface area contributed by atoms with Gasteiger partial charge in [0.2, 0.25) is 0 Å².